The van der Waals surface area contributed by atoms with Gasteiger partial charge >= 0.3 is 0 Å². The third-order valence-electron chi connectivity index (χ3n) is 6.20. The Kier molecular flexibility index (Phi) is 6.95. The number of anilines is 1. The molecule has 0 radical (unpaired) electrons. The number of aryl methyl sites for hydroxylation is 1. The highest BCUT2D eigenvalue weighted by Gasteiger charge is 2.26. The largest absolute Gasteiger partial charge is 0.396 e. The maximum atomic E-state index is 9.49. The summed E-state index contributed by atoms with van der Waals surface area (Å²) < 4.78 is 2.40. The van der Waals surface area contributed by atoms with E-state index in [-0.39, 0.29) is 6.61 Å². The Bertz CT molecular complexity index is 1320. The Morgan fingerprint density at radius 1 is 0.912 bits per heavy atom. The molecule has 1 aromatic heterocycles. The van der Waals surface area contributed by atoms with Crippen LogP contribution in [0, 0.1) is 0 Å². The monoisotopic (exact) mass is 468 g/mol. The Balaban J connectivity index is 1.69. The lowest BCUT2D eigenvalue weighted by atomic mass is 10.0. The molecule has 1 aliphatic rings. The molecule has 4 aromatic rings. The normalized spacial score (nSPS) is 14.2. The quantitative estimate of drug-likeness (QED) is 0.338. The number of rotatable bonds is 8. The van der Waals surface area contributed by atoms with Gasteiger partial charge in [0.2, 0.25) is 11.2 Å². The molecule has 0 unspecified atom stereocenters. The zero-order valence-electron chi connectivity index (χ0n) is 19.2. The molecule has 0 spiro atoms. The van der Waals surface area contributed by atoms with Crippen molar-refractivity contribution in [3.05, 3.63) is 95.5 Å². The van der Waals surface area contributed by atoms with Crippen LogP contribution in [0.4, 0.5) is 5.69 Å². The first-order valence-corrected chi connectivity index (χ1v) is 12.7. The average Bonchev–Trinajstić information content (AvgIpc) is 3.24. The van der Waals surface area contributed by atoms with Crippen molar-refractivity contribution in [2.45, 2.75) is 24.3 Å². The number of aromatic nitrogens is 1. The summed E-state index contributed by atoms with van der Waals surface area (Å²) in [7, 11) is 0. The molecule has 0 fully saturated rings. The molecule has 0 aliphatic carbocycles. The summed E-state index contributed by atoms with van der Waals surface area (Å²) in [4.78, 5) is 3.59. The predicted molar refractivity (Wildman–Crippen MR) is 143 cm³/mol. The minimum absolute atomic E-state index is 0.185. The molecule has 3 aromatic carbocycles. The number of aliphatic hydroxyl groups is 1. The zero-order valence-corrected chi connectivity index (χ0v) is 20.0. The number of hydrogen-bond donors (Lipinski definition) is 2. The molecule has 2 heterocycles. The fourth-order valence-electron chi connectivity index (χ4n) is 4.60. The van der Waals surface area contributed by atoms with Gasteiger partial charge in [0, 0.05) is 42.2 Å². The molecular formula is C29H30N3OS+. The molecule has 5 heteroatoms. The van der Waals surface area contributed by atoms with E-state index < -0.39 is 0 Å². The smallest absolute Gasteiger partial charge is 0.213 e. The number of pyridine rings is 1. The lowest BCUT2D eigenvalue weighted by Crippen LogP contribution is -2.38. The van der Waals surface area contributed by atoms with Crippen molar-refractivity contribution in [1.82, 2.24) is 0 Å². The predicted octanol–water partition coefficient (Wildman–Crippen LogP) is 5.44. The summed E-state index contributed by atoms with van der Waals surface area (Å²) in [5.74, 6) is 0. The third kappa shape index (κ3) is 4.47. The van der Waals surface area contributed by atoms with Gasteiger partial charge in [0.05, 0.1) is 16.1 Å². The van der Waals surface area contributed by atoms with E-state index >= 15 is 0 Å². The minimum Gasteiger partial charge on any atom is -0.396 e. The molecule has 0 atom stereocenters. The fraction of sp³-hybridized carbons (Fsp3) is 0.207. The Labute approximate surface area is 205 Å². The third-order valence-corrected chi connectivity index (χ3v) is 7.31. The van der Waals surface area contributed by atoms with Crippen molar-refractivity contribution in [1.29, 1.82) is 0 Å². The van der Waals surface area contributed by atoms with E-state index in [2.05, 4.69) is 100 Å². The lowest BCUT2D eigenvalue weighted by molar-refractivity contribution is -0.660. The van der Waals surface area contributed by atoms with Crippen LogP contribution >= 0.6 is 11.8 Å². The SMILES string of the molecule is NCCC[n+]1c(-c2ccccc2)cc(/C=C2/Sc3ccccc3N2CCCO)c2ccccc21. The van der Waals surface area contributed by atoms with Crippen LogP contribution in [-0.2, 0) is 6.54 Å². The van der Waals surface area contributed by atoms with E-state index in [4.69, 9.17) is 5.73 Å². The van der Waals surface area contributed by atoms with E-state index in [9.17, 15) is 5.11 Å². The number of para-hydroxylation sites is 2. The van der Waals surface area contributed by atoms with Crippen LogP contribution in [0.2, 0.25) is 0 Å². The van der Waals surface area contributed by atoms with Crippen molar-refractivity contribution in [2.24, 2.45) is 5.73 Å². The molecule has 5 rings (SSSR count). The highest BCUT2D eigenvalue weighted by molar-refractivity contribution is 8.03. The van der Waals surface area contributed by atoms with Crippen LogP contribution in [0.3, 0.4) is 0 Å². The van der Waals surface area contributed by atoms with Gasteiger partial charge in [-0.1, -0.05) is 54.2 Å². The molecule has 0 saturated carbocycles. The topological polar surface area (TPSA) is 53.4 Å². The summed E-state index contributed by atoms with van der Waals surface area (Å²) in [5, 5.41) is 11.9. The van der Waals surface area contributed by atoms with E-state index in [0.717, 1.165) is 25.9 Å². The molecule has 34 heavy (non-hydrogen) atoms. The van der Waals surface area contributed by atoms with Gasteiger partial charge < -0.3 is 15.7 Å². The van der Waals surface area contributed by atoms with Crippen LogP contribution in [-0.4, -0.2) is 24.8 Å². The summed E-state index contributed by atoms with van der Waals surface area (Å²) in [6.07, 6.45) is 3.97. The molecule has 0 bridgehead atoms. The van der Waals surface area contributed by atoms with Gasteiger partial charge in [-0.2, -0.15) is 4.57 Å². The van der Waals surface area contributed by atoms with E-state index in [0.29, 0.717) is 6.54 Å². The first-order valence-electron chi connectivity index (χ1n) is 11.9. The first-order chi connectivity index (χ1) is 16.8. The van der Waals surface area contributed by atoms with Crippen molar-refractivity contribution in [2.75, 3.05) is 24.6 Å². The zero-order chi connectivity index (χ0) is 23.3. The summed E-state index contributed by atoms with van der Waals surface area (Å²) in [6.45, 7) is 2.51. The summed E-state index contributed by atoms with van der Waals surface area (Å²) in [5.41, 5.74) is 11.9. The first kappa shape index (κ1) is 22.7. The molecule has 1 aliphatic heterocycles. The minimum atomic E-state index is 0.185. The molecule has 172 valence electrons. The van der Waals surface area contributed by atoms with Crippen LogP contribution in [0.5, 0.6) is 0 Å². The van der Waals surface area contributed by atoms with E-state index in [1.807, 2.05) is 0 Å². The van der Waals surface area contributed by atoms with Gasteiger partial charge in [0.15, 0.2) is 6.54 Å². The number of nitrogens with two attached hydrogens (primary N) is 1. The second-order valence-electron chi connectivity index (χ2n) is 8.44. The molecule has 3 N–H and O–H groups in total. The number of thioether (sulfide) groups is 1. The second-order valence-corrected chi connectivity index (χ2v) is 9.51. The van der Waals surface area contributed by atoms with E-state index in [1.165, 1.54) is 43.3 Å². The van der Waals surface area contributed by atoms with Crippen LogP contribution < -0.4 is 15.2 Å². The average molecular weight is 469 g/mol. The molecule has 0 saturated heterocycles. The van der Waals surface area contributed by atoms with Crippen LogP contribution in [0.15, 0.2) is 94.9 Å². The van der Waals surface area contributed by atoms with Gasteiger partial charge in [0.25, 0.3) is 0 Å². The van der Waals surface area contributed by atoms with Gasteiger partial charge in [-0.25, -0.2) is 0 Å². The van der Waals surface area contributed by atoms with Crippen LogP contribution in [0.25, 0.3) is 28.2 Å². The highest BCUT2D eigenvalue weighted by atomic mass is 32.2. The van der Waals surface area contributed by atoms with Crippen molar-refractivity contribution in [3.63, 3.8) is 0 Å². The maximum absolute atomic E-state index is 9.49. The Hall–Kier alpha value is -3.12. The molecule has 0 amide bonds. The highest BCUT2D eigenvalue weighted by Crippen LogP contribution is 2.46. The van der Waals surface area contributed by atoms with Crippen molar-refractivity contribution >= 4 is 34.4 Å². The van der Waals surface area contributed by atoms with Crippen LogP contribution in [0.1, 0.15) is 18.4 Å². The van der Waals surface area contributed by atoms with Gasteiger partial charge in [-0.15, -0.1) is 0 Å². The number of fused-ring (bicyclic) bond motifs is 2. The standard InChI is InChI=1S/C29H30N3OS/c30-16-8-17-31-25-13-5-4-12-24(25)23(20-27(31)22-10-2-1-3-11-22)21-29-32(18-9-19-33)26-14-6-7-15-28(26)34-29/h1-7,10-15,20-21,33H,8-9,16-19,30H2/q+1. The number of benzene rings is 3. The van der Waals surface area contributed by atoms with Crippen molar-refractivity contribution in [3.8, 4) is 11.3 Å². The summed E-state index contributed by atoms with van der Waals surface area (Å²) in [6, 6.07) is 30.1. The fourth-order valence-corrected chi connectivity index (χ4v) is 5.74. The molecule has 4 nitrogen and oxygen atoms in total. The van der Waals surface area contributed by atoms with E-state index in [1.54, 1.807) is 11.8 Å². The lowest BCUT2D eigenvalue weighted by Gasteiger charge is -2.20. The number of hydrogen-bond acceptors (Lipinski definition) is 4. The van der Waals surface area contributed by atoms with Crippen molar-refractivity contribution < 1.29 is 9.67 Å². The molecular weight excluding hydrogens is 438 g/mol. The van der Waals surface area contributed by atoms with Gasteiger partial charge in [-0.3, -0.25) is 0 Å². The Morgan fingerprint density at radius 2 is 1.68 bits per heavy atom. The van der Waals surface area contributed by atoms with Gasteiger partial charge in [-0.05, 0) is 54.9 Å². The number of aliphatic hydroxyl groups excluding tert-OH is 1. The maximum Gasteiger partial charge on any atom is 0.213 e. The second kappa shape index (κ2) is 10.4. The van der Waals surface area contributed by atoms with Gasteiger partial charge in [0.1, 0.15) is 0 Å². The Morgan fingerprint density at radius 3 is 2.50 bits per heavy atom. The number of nitrogens with zero attached hydrogens (tertiary/aromatic N) is 2. The summed E-state index contributed by atoms with van der Waals surface area (Å²) >= 11 is 1.80.